The van der Waals surface area contributed by atoms with E-state index < -0.39 is 0 Å². The normalized spacial score (nSPS) is 11.1. The molecule has 0 saturated carbocycles. The van der Waals surface area contributed by atoms with Crippen LogP contribution in [0, 0.1) is 10.5 Å². The maximum Gasteiger partial charge on any atom is 0.205 e. The number of anilines is 1. The van der Waals surface area contributed by atoms with E-state index in [4.69, 9.17) is 5.73 Å². The highest BCUT2D eigenvalue weighted by molar-refractivity contribution is 14.1. The second kappa shape index (κ2) is 4.79. The third-order valence-electron chi connectivity index (χ3n) is 2.93. The zero-order valence-electron chi connectivity index (χ0n) is 10.2. The molecular weight excluding hydrogens is 417 g/mol. The van der Waals surface area contributed by atoms with Crippen molar-refractivity contribution in [3.63, 3.8) is 0 Å². The molecule has 0 aliphatic rings. The molecule has 0 aliphatic heterocycles. The Morgan fingerprint density at radius 2 is 2.00 bits per heavy atom. The number of nitrogen functional groups attached to an aromatic ring is 1. The van der Waals surface area contributed by atoms with Crippen LogP contribution in [-0.2, 0) is 0 Å². The van der Waals surface area contributed by atoms with Gasteiger partial charge in [0.1, 0.15) is 0 Å². The number of imidazole rings is 1. The Bertz CT molecular complexity index is 759. The molecule has 0 bridgehead atoms. The van der Waals surface area contributed by atoms with Gasteiger partial charge < -0.3 is 5.73 Å². The summed E-state index contributed by atoms with van der Waals surface area (Å²) < 4.78 is 4.16. The van der Waals surface area contributed by atoms with Crippen LogP contribution in [0.1, 0.15) is 5.56 Å². The molecular formula is C14H11BrIN3. The maximum absolute atomic E-state index is 6.07. The van der Waals surface area contributed by atoms with Crippen molar-refractivity contribution < 1.29 is 0 Å². The summed E-state index contributed by atoms with van der Waals surface area (Å²) in [6.45, 7) is 2.06. The van der Waals surface area contributed by atoms with Gasteiger partial charge in [-0.15, -0.1) is 0 Å². The molecule has 19 heavy (non-hydrogen) atoms. The number of halogens is 2. The van der Waals surface area contributed by atoms with E-state index in [-0.39, 0.29) is 0 Å². The topological polar surface area (TPSA) is 43.8 Å². The van der Waals surface area contributed by atoms with Crippen molar-refractivity contribution in [2.24, 2.45) is 0 Å². The third-order valence-corrected chi connectivity index (χ3v) is 4.06. The van der Waals surface area contributed by atoms with Crippen LogP contribution < -0.4 is 5.73 Å². The standard InChI is InChI=1S/C14H11BrIN3/c1-8-4-9(15)6-11(5-8)19-13-3-2-10(16)7-12(13)18-14(19)17/h2-7H,1H3,(H2,17,18). The minimum absolute atomic E-state index is 0.509. The van der Waals surface area contributed by atoms with Crippen molar-refractivity contribution in [1.29, 1.82) is 0 Å². The smallest absolute Gasteiger partial charge is 0.205 e. The van der Waals surface area contributed by atoms with Gasteiger partial charge in [-0.2, -0.15) is 0 Å². The summed E-state index contributed by atoms with van der Waals surface area (Å²) in [5, 5.41) is 0. The molecule has 0 amide bonds. The molecule has 0 radical (unpaired) electrons. The predicted octanol–water partition coefficient (Wildman–Crippen LogP) is 4.28. The zero-order valence-corrected chi connectivity index (χ0v) is 13.9. The number of aryl methyl sites for hydroxylation is 1. The predicted molar refractivity (Wildman–Crippen MR) is 90.6 cm³/mol. The third kappa shape index (κ3) is 2.36. The number of nitrogens with zero attached hydrogens (tertiary/aromatic N) is 2. The first-order chi connectivity index (χ1) is 9.04. The molecule has 1 heterocycles. The minimum atomic E-state index is 0.509. The van der Waals surface area contributed by atoms with Gasteiger partial charge in [-0.3, -0.25) is 4.57 Å². The van der Waals surface area contributed by atoms with Crippen molar-refractivity contribution >= 4 is 55.5 Å². The van der Waals surface area contributed by atoms with Gasteiger partial charge >= 0.3 is 0 Å². The molecule has 0 saturated heterocycles. The number of benzene rings is 2. The van der Waals surface area contributed by atoms with Crippen LogP contribution >= 0.6 is 38.5 Å². The van der Waals surface area contributed by atoms with Gasteiger partial charge in [-0.05, 0) is 71.5 Å². The number of hydrogen-bond donors (Lipinski definition) is 1. The van der Waals surface area contributed by atoms with Gasteiger partial charge in [-0.1, -0.05) is 15.9 Å². The Kier molecular flexibility index (Phi) is 3.26. The Labute approximate surface area is 133 Å². The molecule has 0 atom stereocenters. The van der Waals surface area contributed by atoms with E-state index in [0.717, 1.165) is 24.8 Å². The Balaban J connectivity index is 2.32. The lowest BCUT2D eigenvalue weighted by atomic mass is 10.2. The van der Waals surface area contributed by atoms with Crippen LogP contribution in [0.3, 0.4) is 0 Å². The Hall–Kier alpha value is -1.08. The number of nitrogens with two attached hydrogens (primary N) is 1. The first-order valence-corrected chi connectivity index (χ1v) is 7.63. The summed E-state index contributed by atoms with van der Waals surface area (Å²) in [5.41, 5.74) is 10.2. The lowest BCUT2D eigenvalue weighted by Gasteiger charge is -2.08. The fraction of sp³-hybridized carbons (Fsp3) is 0.0714. The monoisotopic (exact) mass is 427 g/mol. The number of rotatable bonds is 1. The van der Waals surface area contributed by atoms with Gasteiger partial charge in [0.15, 0.2) is 0 Å². The highest BCUT2D eigenvalue weighted by atomic mass is 127. The van der Waals surface area contributed by atoms with Crippen molar-refractivity contribution in [3.05, 3.63) is 50.0 Å². The Morgan fingerprint density at radius 3 is 2.74 bits per heavy atom. The molecule has 2 N–H and O–H groups in total. The summed E-state index contributed by atoms with van der Waals surface area (Å²) in [6, 6.07) is 12.4. The van der Waals surface area contributed by atoms with Crippen molar-refractivity contribution in [3.8, 4) is 5.69 Å². The molecule has 3 rings (SSSR count). The number of fused-ring (bicyclic) bond motifs is 1. The lowest BCUT2D eigenvalue weighted by molar-refractivity contribution is 1.10. The van der Waals surface area contributed by atoms with Gasteiger partial charge in [0, 0.05) is 8.04 Å². The summed E-state index contributed by atoms with van der Waals surface area (Å²) in [7, 11) is 0. The average molecular weight is 428 g/mol. The van der Waals surface area contributed by atoms with Gasteiger partial charge in [-0.25, -0.2) is 4.98 Å². The minimum Gasteiger partial charge on any atom is -0.369 e. The van der Waals surface area contributed by atoms with E-state index in [2.05, 4.69) is 74.7 Å². The van der Waals surface area contributed by atoms with Crippen LogP contribution in [0.15, 0.2) is 40.9 Å². The molecule has 0 aliphatic carbocycles. The highest BCUT2D eigenvalue weighted by Crippen LogP contribution is 2.27. The first-order valence-electron chi connectivity index (χ1n) is 5.75. The quantitative estimate of drug-likeness (QED) is 0.589. The van der Waals surface area contributed by atoms with Crippen LogP contribution in [0.4, 0.5) is 5.95 Å². The van der Waals surface area contributed by atoms with Crippen LogP contribution in [0.5, 0.6) is 0 Å². The average Bonchev–Trinajstić information content (AvgIpc) is 2.62. The molecule has 5 heteroatoms. The SMILES string of the molecule is Cc1cc(Br)cc(-n2c(N)nc3cc(I)ccc32)c1. The van der Waals surface area contributed by atoms with Crippen molar-refractivity contribution in [1.82, 2.24) is 9.55 Å². The van der Waals surface area contributed by atoms with Crippen molar-refractivity contribution in [2.45, 2.75) is 6.92 Å². The van der Waals surface area contributed by atoms with Gasteiger partial charge in [0.25, 0.3) is 0 Å². The second-order valence-corrected chi connectivity index (χ2v) is 6.59. The molecule has 3 aromatic rings. The molecule has 0 spiro atoms. The summed E-state index contributed by atoms with van der Waals surface area (Å²) in [5.74, 6) is 0.509. The molecule has 3 nitrogen and oxygen atoms in total. The van der Waals surface area contributed by atoms with E-state index in [0.29, 0.717) is 5.95 Å². The van der Waals surface area contributed by atoms with Gasteiger partial charge in [0.2, 0.25) is 5.95 Å². The molecule has 2 aromatic carbocycles. The summed E-state index contributed by atoms with van der Waals surface area (Å²) in [6.07, 6.45) is 0. The van der Waals surface area contributed by atoms with Crippen molar-refractivity contribution in [2.75, 3.05) is 5.73 Å². The van der Waals surface area contributed by atoms with E-state index in [1.807, 2.05) is 16.7 Å². The largest absolute Gasteiger partial charge is 0.369 e. The number of hydrogen-bond acceptors (Lipinski definition) is 2. The van der Waals surface area contributed by atoms with Gasteiger partial charge in [0.05, 0.1) is 16.7 Å². The van der Waals surface area contributed by atoms with E-state index in [9.17, 15) is 0 Å². The molecule has 0 unspecified atom stereocenters. The zero-order chi connectivity index (χ0) is 13.6. The second-order valence-electron chi connectivity index (χ2n) is 4.43. The molecule has 96 valence electrons. The number of aromatic nitrogens is 2. The Morgan fingerprint density at radius 1 is 1.21 bits per heavy atom. The molecule has 1 aromatic heterocycles. The van der Waals surface area contributed by atoms with E-state index in [1.54, 1.807) is 0 Å². The fourth-order valence-electron chi connectivity index (χ4n) is 2.19. The van der Waals surface area contributed by atoms with E-state index >= 15 is 0 Å². The van der Waals surface area contributed by atoms with E-state index in [1.165, 1.54) is 5.56 Å². The maximum atomic E-state index is 6.07. The fourth-order valence-corrected chi connectivity index (χ4v) is 3.26. The first kappa shape index (κ1) is 12.9. The molecule has 0 fully saturated rings. The van der Waals surface area contributed by atoms with Crippen LogP contribution in [-0.4, -0.2) is 9.55 Å². The van der Waals surface area contributed by atoms with Crippen LogP contribution in [0.25, 0.3) is 16.7 Å². The van der Waals surface area contributed by atoms with Crippen LogP contribution in [0.2, 0.25) is 0 Å². The summed E-state index contributed by atoms with van der Waals surface area (Å²) >= 11 is 5.80. The lowest BCUT2D eigenvalue weighted by Crippen LogP contribution is -2.00. The highest BCUT2D eigenvalue weighted by Gasteiger charge is 2.11. The summed E-state index contributed by atoms with van der Waals surface area (Å²) in [4.78, 5) is 4.43.